The largest absolute Gasteiger partial charge is 0.322 e. The first-order valence-corrected chi connectivity index (χ1v) is 9.87. The minimum Gasteiger partial charge on any atom is -0.322 e. The molecule has 0 radical (unpaired) electrons. The maximum Gasteiger partial charge on any atom is 0.284 e. The number of benzene rings is 2. The van der Waals surface area contributed by atoms with Crippen LogP contribution in [0.15, 0.2) is 66.7 Å². The molecule has 1 fully saturated rings. The molecule has 0 aliphatic carbocycles. The number of piperazine rings is 1. The molecule has 2 N–H and O–H groups in total. The summed E-state index contributed by atoms with van der Waals surface area (Å²) in [5.74, 6) is 0.198. The van der Waals surface area contributed by atoms with Crippen molar-refractivity contribution in [3.63, 3.8) is 0 Å². The molecule has 0 bridgehead atoms. The predicted molar refractivity (Wildman–Crippen MR) is 111 cm³/mol. The zero-order valence-corrected chi connectivity index (χ0v) is 16.4. The molecule has 2 aromatic carbocycles. The number of likely N-dealkylation sites (N-methyl/N-ethyl adjacent to an activating group) is 1. The van der Waals surface area contributed by atoms with Gasteiger partial charge in [0.1, 0.15) is 26.2 Å². The minimum atomic E-state index is -0.00313. The van der Waals surface area contributed by atoms with E-state index >= 15 is 0 Å². The summed E-state index contributed by atoms with van der Waals surface area (Å²) in [4.78, 5) is 17.6. The van der Waals surface area contributed by atoms with Crippen molar-refractivity contribution < 1.29 is 14.6 Å². The van der Waals surface area contributed by atoms with Gasteiger partial charge in [0.05, 0.1) is 6.54 Å². The number of hydrogen-bond acceptors (Lipinski definition) is 1. The average molecular weight is 366 g/mol. The van der Waals surface area contributed by atoms with Crippen LogP contribution >= 0.6 is 0 Å². The monoisotopic (exact) mass is 365 g/mol. The fourth-order valence-electron chi connectivity index (χ4n) is 3.73. The van der Waals surface area contributed by atoms with Gasteiger partial charge in [-0.25, -0.2) is 0 Å². The van der Waals surface area contributed by atoms with Gasteiger partial charge in [-0.1, -0.05) is 54.6 Å². The second kappa shape index (κ2) is 9.49. The number of rotatable bonds is 6. The molecule has 4 nitrogen and oxygen atoms in total. The van der Waals surface area contributed by atoms with Crippen LogP contribution in [-0.2, 0) is 4.79 Å². The van der Waals surface area contributed by atoms with Gasteiger partial charge in [-0.2, -0.15) is 0 Å². The molecular weight excluding hydrogens is 334 g/mol. The number of nitrogens with one attached hydrogen (secondary N) is 2. The smallest absolute Gasteiger partial charge is 0.284 e. The molecule has 1 aliphatic heterocycles. The molecule has 1 atom stereocenters. The molecule has 0 saturated carbocycles. The van der Waals surface area contributed by atoms with Crippen LogP contribution in [0.5, 0.6) is 0 Å². The number of carbonyl (C=O) groups excluding carboxylic acids is 1. The van der Waals surface area contributed by atoms with Gasteiger partial charge in [0.25, 0.3) is 5.91 Å². The number of anilines is 1. The number of amides is 1. The Morgan fingerprint density at radius 1 is 1.00 bits per heavy atom. The number of carbonyl (C=O) groups is 1. The Morgan fingerprint density at radius 3 is 2.22 bits per heavy atom. The summed E-state index contributed by atoms with van der Waals surface area (Å²) in [5, 5.41) is 0. The lowest BCUT2D eigenvalue weighted by Gasteiger charge is -2.33. The summed E-state index contributed by atoms with van der Waals surface area (Å²) >= 11 is 0. The topological polar surface area (TPSA) is 29.2 Å². The lowest BCUT2D eigenvalue weighted by Crippen LogP contribution is -3.30. The normalized spacial score (nSPS) is 21.1. The summed E-state index contributed by atoms with van der Waals surface area (Å²) in [6.07, 6.45) is 4.47. The second-order valence-corrected chi connectivity index (χ2v) is 7.38. The van der Waals surface area contributed by atoms with E-state index in [0.717, 1.165) is 38.4 Å². The van der Waals surface area contributed by atoms with Crippen molar-refractivity contribution in [1.29, 1.82) is 0 Å². The molecular formula is C23H31N3O+2. The second-order valence-electron chi connectivity index (χ2n) is 7.38. The summed E-state index contributed by atoms with van der Waals surface area (Å²) in [5.41, 5.74) is 2.22. The van der Waals surface area contributed by atoms with E-state index < -0.39 is 0 Å². The van der Waals surface area contributed by atoms with Gasteiger partial charge >= 0.3 is 0 Å². The van der Waals surface area contributed by atoms with Crippen molar-refractivity contribution in [3.05, 3.63) is 72.3 Å². The first-order valence-electron chi connectivity index (χ1n) is 9.87. The van der Waals surface area contributed by atoms with E-state index in [2.05, 4.69) is 43.3 Å². The zero-order valence-electron chi connectivity index (χ0n) is 16.4. The highest BCUT2D eigenvalue weighted by molar-refractivity contribution is 5.95. The van der Waals surface area contributed by atoms with E-state index in [0.29, 0.717) is 0 Å². The summed E-state index contributed by atoms with van der Waals surface area (Å²) in [6, 6.07) is 20.3. The maximum absolute atomic E-state index is 12.8. The summed E-state index contributed by atoms with van der Waals surface area (Å²) in [7, 11) is 1.88. The van der Waals surface area contributed by atoms with Crippen LogP contribution in [0.3, 0.4) is 0 Å². The highest BCUT2D eigenvalue weighted by Gasteiger charge is 2.32. The van der Waals surface area contributed by atoms with Crippen molar-refractivity contribution in [2.75, 3.05) is 44.7 Å². The first-order chi connectivity index (χ1) is 13.1. The number of para-hydroxylation sites is 1. The van der Waals surface area contributed by atoms with Crippen LogP contribution in [0.4, 0.5) is 5.69 Å². The van der Waals surface area contributed by atoms with Gasteiger partial charge in [-0.3, -0.25) is 4.79 Å². The van der Waals surface area contributed by atoms with Gasteiger partial charge < -0.3 is 14.7 Å². The Hall–Kier alpha value is -2.43. The van der Waals surface area contributed by atoms with E-state index in [9.17, 15) is 4.79 Å². The van der Waals surface area contributed by atoms with Crippen molar-refractivity contribution in [3.8, 4) is 0 Å². The van der Waals surface area contributed by atoms with Gasteiger partial charge in [-0.05, 0) is 30.7 Å². The molecule has 0 unspecified atom stereocenters. The molecule has 0 aromatic heterocycles. The summed E-state index contributed by atoms with van der Waals surface area (Å²) in [6.45, 7) is 7.43. The van der Waals surface area contributed by atoms with Crippen molar-refractivity contribution in [2.45, 2.75) is 13.0 Å². The Labute approximate surface area is 162 Å². The van der Waals surface area contributed by atoms with Gasteiger partial charge in [0, 0.05) is 12.7 Å². The first kappa shape index (κ1) is 19.3. The molecule has 4 heteroatoms. The van der Waals surface area contributed by atoms with E-state index in [-0.39, 0.29) is 11.9 Å². The zero-order chi connectivity index (χ0) is 19.1. The maximum atomic E-state index is 12.8. The van der Waals surface area contributed by atoms with E-state index in [1.807, 2.05) is 43.4 Å². The standard InChI is InChI=1S/C23H29N3O/c1-20(23(27)24(2)22-13-7-4-8-14-22)26-18-16-25(17-19-26)15-9-12-21-10-5-3-6-11-21/h3-14,20H,15-19H2,1-2H3/p+2/b12-9+/t20-/m0/s1. The van der Waals surface area contributed by atoms with Crippen molar-refractivity contribution in [1.82, 2.24) is 0 Å². The molecule has 0 spiro atoms. The average Bonchev–Trinajstić information content (AvgIpc) is 2.74. The van der Waals surface area contributed by atoms with Crippen LogP contribution in [0.25, 0.3) is 6.08 Å². The fourth-order valence-corrected chi connectivity index (χ4v) is 3.73. The van der Waals surface area contributed by atoms with Crippen LogP contribution in [-0.4, -0.2) is 51.7 Å². The number of quaternary nitrogens is 2. The van der Waals surface area contributed by atoms with Gasteiger partial charge in [0.2, 0.25) is 0 Å². The van der Waals surface area contributed by atoms with Crippen LogP contribution in [0.2, 0.25) is 0 Å². The Kier molecular flexibility index (Phi) is 6.80. The van der Waals surface area contributed by atoms with Gasteiger partial charge in [0.15, 0.2) is 6.04 Å². The quantitative estimate of drug-likeness (QED) is 0.769. The Morgan fingerprint density at radius 2 is 1.59 bits per heavy atom. The van der Waals surface area contributed by atoms with E-state index in [1.54, 1.807) is 9.80 Å². The van der Waals surface area contributed by atoms with E-state index in [4.69, 9.17) is 0 Å². The lowest BCUT2D eigenvalue weighted by molar-refractivity contribution is -1.02. The summed E-state index contributed by atoms with van der Waals surface area (Å²) < 4.78 is 0. The van der Waals surface area contributed by atoms with Crippen LogP contribution < -0.4 is 14.7 Å². The molecule has 1 amide bonds. The molecule has 1 aliphatic rings. The third-order valence-electron chi connectivity index (χ3n) is 5.57. The predicted octanol–water partition coefficient (Wildman–Crippen LogP) is 0.535. The third-order valence-corrected chi connectivity index (χ3v) is 5.57. The SMILES string of the molecule is C[C@@H](C(=O)N(C)c1ccccc1)[NH+]1CC[NH+](C/C=C/c2ccccc2)CC1. The van der Waals surface area contributed by atoms with Crippen molar-refractivity contribution >= 4 is 17.7 Å². The highest BCUT2D eigenvalue weighted by Crippen LogP contribution is 2.11. The Balaban J connectivity index is 1.47. The molecule has 3 rings (SSSR count). The highest BCUT2D eigenvalue weighted by atomic mass is 16.2. The molecule has 27 heavy (non-hydrogen) atoms. The molecule has 1 saturated heterocycles. The van der Waals surface area contributed by atoms with Crippen LogP contribution in [0.1, 0.15) is 12.5 Å². The minimum absolute atomic E-state index is 0.00313. The number of nitrogens with zero attached hydrogens (tertiary/aromatic N) is 1. The van der Waals surface area contributed by atoms with Crippen molar-refractivity contribution in [2.24, 2.45) is 0 Å². The fraction of sp³-hybridized carbons (Fsp3) is 0.348. The molecule has 1 heterocycles. The van der Waals surface area contributed by atoms with Gasteiger partial charge in [-0.15, -0.1) is 0 Å². The Bertz CT molecular complexity index is 737. The molecule has 142 valence electrons. The number of hydrogen-bond donors (Lipinski definition) is 2. The van der Waals surface area contributed by atoms with Crippen LogP contribution in [0, 0.1) is 0 Å². The van der Waals surface area contributed by atoms with E-state index in [1.165, 1.54) is 10.5 Å². The lowest BCUT2D eigenvalue weighted by atomic mass is 10.2. The molecule has 2 aromatic rings. The third kappa shape index (κ3) is 5.28.